The largest absolute Gasteiger partial charge is 0.756 e. The third-order valence-corrected chi connectivity index (χ3v) is 9.79. The molecule has 54 heavy (non-hydrogen) atoms. The van der Waals surface area contributed by atoms with Crippen molar-refractivity contribution in [3.05, 3.63) is 48.6 Å². The predicted molar refractivity (Wildman–Crippen MR) is 222 cm³/mol. The lowest BCUT2D eigenvalue weighted by Crippen LogP contribution is -2.37. The minimum atomic E-state index is -4.63. The minimum Gasteiger partial charge on any atom is -0.756 e. The van der Waals surface area contributed by atoms with E-state index in [0.717, 1.165) is 64.2 Å². The first-order valence-electron chi connectivity index (χ1n) is 21.3. The number of carbonyl (C=O) groups excluding carboxylic acids is 2. The summed E-state index contributed by atoms with van der Waals surface area (Å²) in [6, 6.07) is 0. The Labute approximate surface area is 331 Å². The molecule has 0 fully saturated rings. The topological polar surface area (TPSA) is 111 Å². The summed E-state index contributed by atoms with van der Waals surface area (Å²) < 4.78 is 33.8. The molecule has 0 heterocycles. The maximum absolute atomic E-state index is 12.6. The zero-order valence-corrected chi connectivity index (χ0v) is 36.0. The Hall–Kier alpha value is -2.03. The van der Waals surface area contributed by atoms with Crippen LogP contribution in [0.15, 0.2) is 48.6 Å². The van der Waals surface area contributed by atoms with Gasteiger partial charge in [-0.15, -0.1) is 0 Å². The van der Waals surface area contributed by atoms with Gasteiger partial charge in [-0.2, -0.15) is 0 Å². The maximum atomic E-state index is 12.6. The van der Waals surface area contributed by atoms with Crippen molar-refractivity contribution in [2.24, 2.45) is 0 Å². The van der Waals surface area contributed by atoms with Crippen molar-refractivity contribution in [3.63, 3.8) is 0 Å². The van der Waals surface area contributed by atoms with E-state index in [2.05, 4.69) is 62.5 Å². The second-order valence-corrected chi connectivity index (χ2v) is 16.8. The molecule has 0 aromatic heterocycles. The van der Waals surface area contributed by atoms with Crippen LogP contribution in [-0.4, -0.2) is 70.0 Å². The molecular formula is C44H80NO8P. The van der Waals surface area contributed by atoms with Gasteiger partial charge in [-0.25, -0.2) is 0 Å². The van der Waals surface area contributed by atoms with E-state index in [0.29, 0.717) is 23.9 Å². The fraction of sp³-hybridized carbons (Fsp3) is 0.773. The molecule has 0 aromatic carbocycles. The number of esters is 2. The number of quaternary nitrogens is 1. The highest BCUT2D eigenvalue weighted by Crippen LogP contribution is 2.38. The monoisotopic (exact) mass is 782 g/mol. The number of phosphoric acid groups is 1. The average molecular weight is 782 g/mol. The standard InChI is InChI=1S/C44H80NO8P/c1-6-8-10-12-14-16-18-20-22-24-26-28-30-32-34-36-43(46)50-40-42(41-52-54(48,49)51-39-38-45(3,4)5)53-44(47)37-35-33-31-29-27-25-23-21-19-17-15-13-11-9-7-2/h14,16,20-23,26,28,42H,6-13,15,17-19,24-25,27,29-41H2,1-5H3/b16-14+,22-20+,23-21+,28-26+/t42-/m1/s1. The summed E-state index contributed by atoms with van der Waals surface area (Å²) in [4.78, 5) is 37.4. The molecule has 10 heteroatoms. The van der Waals surface area contributed by atoms with Gasteiger partial charge in [-0.1, -0.05) is 127 Å². The molecule has 0 saturated carbocycles. The lowest BCUT2D eigenvalue weighted by molar-refractivity contribution is -0.870. The maximum Gasteiger partial charge on any atom is 0.306 e. The smallest absolute Gasteiger partial charge is 0.306 e. The molecule has 0 saturated heterocycles. The molecule has 0 aliphatic heterocycles. The lowest BCUT2D eigenvalue weighted by atomic mass is 10.1. The van der Waals surface area contributed by atoms with Gasteiger partial charge in [0, 0.05) is 12.8 Å². The highest BCUT2D eigenvalue weighted by atomic mass is 31.2. The number of unbranched alkanes of at least 4 members (excludes halogenated alkanes) is 16. The molecule has 0 spiro atoms. The second-order valence-electron chi connectivity index (χ2n) is 15.3. The first-order chi connectivity index (χ1) is 26.0. The third kappa shape index (κ3) is 39.7. The SMILES string of the molecule is CCCCC/C=C/C/C=C/C/C=C/CCCCC(=O)OC[C@H](COP(=O)([O-])OCC[N+](C)(C)C)OC(=O)CCCCCCC/C=C/CCCCCCCC. The number of likely N-dealkylation sites (N-methyl/N-ethyl adjacent to an activating group) is 1. The number of allylic oxidation sites excluding steroid dienone is 8. The molecule has 9 nitrogen and oxygen atoms in total. The molecule has 314 valence electrons. The number of hydrogen-bond donors (Lipinski definition) is 0. The first kappa shape index (κ1) is 52.0. The van der Waals surface area contributed by atoms with E-state index in [-0.39, 0.29) is 26.1 Å². The van der Waals surface area contributed by atoms with E-state index in [1.165, 1.54) is 64.2 Å². The summed E-state index contributed by atoms with van der Waals surface area (Å²) in [5.74, 6) is -0.892. The molecule has 0 aromatic rings. The molecule has 2 atom stereocenters. The summed E-state index contributed by atoms with van der Waals surface area (Å²) >= 11 is 0. The summed E-state index contributed by atoms with van der Waals surface area (Å²) in [5.41, 5.74) is 0. The highest BCUT2D eigenvalue weighted by molar-refractivity contribution is 7.45. The Balaban J connectivity index is 4.47. The van der Waals surface area contributed by atoms with Gasteiger partial charge < -0.3 is 27.9 Å². The molecule has 1 unspecified atom stereocenters. The Morgan fingerprint density at radius 1 is 0.574 bits per heavy atom. The first-order valence-corrected chi connectivity index (χ1v) is 22.8. The van der Waals surface area contributed by atoms with E-state index in [1.807, 2.05) is 21.1 Å². The van der Waals surface area contributed by atoms with Gasteiger partial charge in [0.05, 0.1) is 27.7 Å². The van der Waals surface area contributed by atoms with Crippen molar-refractivity contribution in [2.45, 2.75) is 174 Å². The number of ether oxygens (including phenoxy) is 2. The van der Waals surface area contributed by atoms with Gasteiger partial charge in [0.25, 0.3) is 7.82 Å². The summed E-state index contributed by atoms with van der Waals surface area (Å²) in [6.45, 7) is 4.13. The van der Waals surface area contributed by atoms with E-state index in [9.17, 15) is 19.0 Å². The zero-order valence-electron chi connectivity index (χ0n) is 35.2. The van der Waals surface area contributed by atoms with Gasteiger partial charge in [-0.3, -0.25) is 14.2 Å². The number of rotatable bonds is 38. The van der Waals surface area contributed by atoms with Gasteiger partial charge in [0.1, 0.15) is 19.8 Å². The van der Waals surface area contributed by atoms with Crippen LogP contribution in [0.2, 0.25) is 0 Å². The minimum absolute atomic E-state index is 0.0397. The van der Waals surface area contributed by atoms with Crippen LogP contribution < -0.4 is 4.89 Å². The summed E-state index contributed by atoms with van der Waals surface area (Å²) in [6.07, 6.45) is 41.4. The normalized spacial score (nSPS) is 14.1. The van der Waals surface area contributed by atoms with Crippen LogP contribution in [0.5, 0.6) is 0 Å². The van der Waals surface area contributed by atoms with Crippen LogP contribution in [0.1, 0.15) is 168 Å². The molecule has 0 aliphatic rings. The molecule has 0 rings (SSSR count). The van der Waals surface area contributed by atoms with Crippen LogP contribution in [-0.2, 0) is 32.7 Å². The zero-order chi connectivity index (χ0) is 40.0. The summed E-state index contributed by atoms with van der Waals surface area (Å²) in [7, 11) is 1.13. The van der Waals surface area contributed by atoms with Gasteiger partial charge >= 0.3 is 11.9 Å². The molecule has 0 aliphatic carbocycles. The van der Waals surface area contributed by atoms with E-state index >= 15 is 0 Å². The van der Waals surface area contributed by atoms with Crippen LogP contribution in [0.3, 0.4) is 0 Å². The van der Waals surface area contributed by atoms with E-state index in [4.69, 9.17) is 18.5 Å². The quantitative estimate of drug-likeness (QED) is 0.0200. The van der Waals surface area contributed by atoms with Gasteiger partial charge in [-0.05, 0) is 77.0 Å². The second kappa shape index (κ2) is 36.6. The van der Waals surface area contributed by atoms with E-state index in [1.54, 1.807) is 0 Å². The average Bonchev–Trinajstić information content (AvgIpc) is 3.12. The van der Waals surface area contributed by atoms with Crippen molar-refractivity contribution in [1.82, 2.24) is 0 Å². The van der Waals surface area contributed by atoms with Crippen LogP contribution in [0.4, 0.5) is 0 Å². The Bertz CT molecular complexity index is 1070. The van der Waals surface area contributed by atoms with E-state index < -0.39 is 32.5 Å². The predicted octanol–water partition coefficient (Wildman–Crippen LogP) is 11.3. The molecule has 0 amide bonds. The van der Waals surface area contributed by atoms with Crippen LogP contribution in [0, 0.1) is 0 Å². The van der Waals surface area contributed by atoms with Crippen molar-refractivity contribution in [3.8, 4) is 0 Å². The van der Waals surface area contributed by atoms with Crippen LogP contribution in [0.25, 0.3) is 0 Å². The highest BCUT2D eigenvalue weighted by Gasteiger charge is 2.21. The van der Waals surface area contributed by atoms with Gasteiger partial charge in [0.2, 0.25) is 0 Å². The van der Waals surface area contributed by atoms with Crippen molar-refractivity contribution in [2.75, 3.05) is 47.5 Å². The Kier molecular flexibility index (Phi) is 35.2. The molecular weight excluding hydrogens is 701 g/mol. The lowest BCUT2D eigenvalue weighted by Gasteiger charge is -2.28. The molecule has 0 N–H and O–H groups in total. The Morgan fingerprint density at radius 2 is 1.00 bits per heavy atom. The van der Waals surface area contributed by atoms with Crippen molar-refractivity contribution >= 4 is 19.8 Å². The number of nitrogens with zero attached hydrogens (tertiary/aromatic N) is 1. The van der Waals surface area contributed by atoms with Crippen molar-refractivity contribution in [1.29, 1.82) is 0 Å². The summed E-state index contributed by atoms with van der Waals surface area (Å²) in [5, 5.41) is 0. The van der Waals surface area contributed by atoms with Crippen LogP contribution >= 0.6 is 7.82 Å². The van der Waals surface area contributed by atoms with Gasteiger partial charge in [0.15, 0.2) is 6.10 Å². The fourth-order valence-corrected chi connectivity index (χ4v) is 6.15. The molecule has 0 radical (unpaired) electrons. The van der Waals surface area contributed by atoms with Crippen molar-refractivity contribution < 1.29 is 42.1 Å². The molecule has 0 bridgehead atoms. The Morgan fingerprint density at radius 3 is 1.57 bits per heavy atom. The number of phosphoric ester groups is 1. The number of carbonyl (C=O) groups is 2. The fourth-order valence-electron chi connectivity index (χ4n) is 5.42. The number of hydrogen-bond acceptors (Lipinski definition) is 8. The third-order valence-electron chi connectivity index (χ3n) is 8.82.